The number of nitrogens with two attached hydrogens (primary N) is 1. The molecule has 0 saturated carbocycles. The fraction of sp³-hybridized carbons (Fsp3) is 0.286. The SMILES string of the molecule is CC.CC.NC1N=C(c2ccccc2)c2ccccc2N(CC(=O)O)C1=O. The second-order valence-corrected chi connectivity index (χ2v) is 5.12. The summed E-state index contributed by atoms with van der Waals surface area (Å²) >= 11 is 0. The molecule has 0 saturated heterocycles. The molecular weight excluding hydrogens is 342 g/mol. The van der Waals surface area contributed by atoms with Crippen LogP contribution in [0.5, 0.6) is 0 Å². The number of hydrogen-bond acceptors (Lipinski definition) is 4. The van der Waals surface area contributed by atoms with Crippen molar-refractivity contribution in [3.05, 3.63) is 65.7 Å². The maximum Gasteiger partial charge on any atom is 0.323 e. The van der Waals surface area contributed by atoms with Gasteiger partial charge in [-0.3, -0.25) is 19.5 Å². The summed E-state index contributed by atoms with van der Waals surface area (Å²) in [6.07, 6.45) is -1.14. The molecule has 144 valence electrons. The number of amides is 1. The smallest absolute Gasteiger partial charge is 0.323 e. The minimum absolute atomic E-state index is 0.457. The standard InChI is InChI=1S/C17H15N3O3.2C2H6/c18-16-17(23)20(10-14(21)22)13-9-5-4-8-12(13)15(19-16)11-6-2-1-3-7-11;2*1-2/h1-9,16H,10,18H2,(H,21,22);2*1-2H3. The second-order valence-electron chi connectivity index (χ2n) is 5.12. The number of para-hydroxylation sites is 1. The number of nitrogens with zero attached hydrogens (tertiary/aromatic N) is 2. The van der Waals surface area contributed by atoms with Crippen LogP contribution in [0.2, 0.25) is 0 Å². The molecule has 6 heteroatoms. The van der Waals surface area contributed by atoms with Gasteiger partial charge in [-0.05, 0) is 6.07 Å². The van der Waals surface area contributed by atoms with E-state index in [-0.39, 0.29) is 0 Å². The van der Waals surface area contributed by atoms with Crippen LogP contribution >= 0.6 is 0 Å². The number of benzene rings is 2. The molecule has 0 fully saturated rings. The molecule has 2 aromatic carbocycles. The number of carbonyl (C=O) groups excluding carboxylic acids is 1. The Balaban J connectivity index is 0.000000855. The largest absolute Gasteiger partial charge is 0.480 e. The Bertz CT molecular complexity index is 788. The number of carbonyl (C=O) groups is 2. The van der Waals surface area contributed by atoms with Crippen molar-refractivity contribution in [1.29, 1.82) is 0 Å². The normalized spacial score (nSPS) is 15.1. The molecular formula is C21H27N3O3. The lowest BCUT2D eigenvalue weighted by molar-refractivity contribution is -0.136. The van der Waals surface area contributed by atoms with E-state index in [4.69, 9.17) is 10.8 Å². The molecule has 3 N–H and O–H groups in total. The van der Waals surface area contributed by atoms with Crippen LogP contribution in [-0.2, 0) is 9.59 Å². The van der Waals surface area contributed by atoms with E-state index in [1.165, 1.54) is 4.90 Å². The number of anilines is 1. The highest BCUT2D eigenvalue weighted by molar-refractivity contribution is 6.20. The average Bonchev–Trinajstić information content (AvgIpc) is 2.82. The first-order valence-corrected chi connectivity index (χ1v) is 9.09. The summed E-state index contributed by atoms with van der Waals surface area (Å²) < 4.78 is 0. The number of aliphatic carboxylic acids is 1. The van der Waals surface area contributed by atoms with Crippen molar-refractivity contribution in [2.24, 2.45) is 10.7 Å². The zero-order valence-electron chi connectivity index (χ0n) is 16.2. The summed E-state index contributed by atoms with van der Waals surface area (Å²) in [5, 5.41) is 9.10. The number of carboxylic acid groups (broad SMARTS) is 1. The fourth-order valence-corrected chi connectivity index (χ4v) is 2.58. The molecule has 1 aliphatic rings. The van der Waals surface area contributed by atoms with Gasteiger partial charge in [-0.25, -0.2) is 0 Å². The minimum Gasteiger partial charge on any atom is -0.480 e. The van der Waals surface area contributed by atoms with Crippen molar-refractivity contribution in [3.63, 3.8) is 0 Å². The van der Waals surface area contributed by atoms with Gasteiger partial charge in [0.1, 0.15) is 6.54 Å². The monoisotopic (exact) mass is 369 g/mol. The van der Waals surface area contributed by atoms with E-state index in [1.807, 2.05) is 64.1 Å². The topological polar surface area (TPSA) is 96.0 Å². The lowest BCUT2D eigenvalue weighted by atomic mass is 10.0. The van der Waals surface area contributed by atoms with Crippen LogP contribution in [0.1, 0.15) is 38.8 Å². The van der Waals surface area contributed by atoms with E-state index in [9.17, 15) is 9.59 Å². The Morgan fingerprint density at radius 1 is 1.04 bits per heavy atom. The van der Waals surface area contributed by atoms with Crippen molar-refractivity contribution in [1.82, 2.24) is 0 Å². The second kappa shape index (κ2) is 10.9. The number of rotatable bonds is 3. The molecule has 0 aromatic heterocycles. The van der Waals surface area contributed by atoms with Crippen LogP contribution in [-0.4, -0.2) is 35.4 Å². The van der Waals surface area contributed by atoms with Crippen molar-refractivity contribution in [2.45, 2.75) is 33.9 Å². The number of hydrogen-bond donors (Lipinski definition) is 2. The van der Waals surface area contributed by atoms with E-state index in [0.717, 1.165) is 5.56 Å². The zero-order valence-corrected chi connectivity index (χ0v) is 16.2. The molecule has 1 heterocycles. The Morgan fingerprint density at radius 2 is 1.59 bits per heavy atom. The summed E-state index contributed by atoms with van der Waals surface area (Å²) in [5.41, 5.74) is 8.46. The van der Waals surface area contributed by atoms with Crippen molar-refractivity contribution in [3.8, 4) is 0 Å². The summed E-state index contributed by atoms with van der Waals surface area (Å²) in [7, 11) is 0. The van der Waals surface area contributed by atoms with E-state index in [0.29, 0.717) is 17.0 Å². The van der Waals surface area contributed by atoms with Crippen LogP contribution in [0.25, 0.3) is 0 Å². The van der Waals surface area contributed by atoms with Crippen LogP contribution in [0.3, 0.4) is 0 Å². The van der Waals surface area contributed by atoms with Gasteiger partial charge in [0, 0.05) is 11.1 Å². The molecule has 2 aromatic rings. The van der Waals surface area contributed by atoms with Gasteiger partial charge < -0.3 is 10.8 Å². The molecule has 0 spiro atoms. The van der Waals surface area contributed by atoms with Crippen molar-refractivity contribution >= 4 is 23.3 Å². The van der Waals surface area contributed by atoms with Gasteiger partial charge in [-0.1, -0.05) is 76.2 Å². The molecule has 0 aliphatic carbocycles. The number of fused-ring (bicyclic) bond motifs is 1. The summed E-state index contributed by atoms with van der Waals surface area (Å²) in [6, 6.07) is 16.4. The van der Waals surface area contributed by atoms with Gasteiger partial charge in [0.15, 0.2) is 6.17 Å². The first-order chi connectivity index (χ1) is 13.1. The highest BCUT2D eigenvalue weighted by atomic mass is 16.4. The third-order valence-electron chi connectivity index (χ3n) is 3.58. The van der Waals surface area contributed by atoms with Crippen LogP contribution in [0.15, 0.2) is 59.6 Å². The third-order valence-corrected chi connectivity index (χ3v) is 3.58. The predicted octanol–water partition coefficient (Wildman–Crippen LogP) is 3.29. The van der Waals surface area contributed by atoms with Gasteiger partial charge in [0.25, 0.3) is 5.91 Å². The molecule has 27 heavy (non-hydrogen) atoms. The van der Waals surface area contributed by atoms with Crippen molar-refractivity contribution < 1.29 is 14.7 Å². The van der Waals surface area contributed by atoms with E-state index >= 15 is 0 Å². The Labute approximate surface area is 160 Å². The quantitative estimate of drug-likeness (QED) is 0.868. The lowest BCUT2D eigenvalue weighted by Gasteiger charge is -2.22. The number of carboxylic acids is 1. The molecule has 1 aliphatic heterocycles. The Hall–Kier alpha value is -2.99. The van der Waals surface area contributed by atoms with Crippen molar-refractivity contribution in [2.75, 3.05) is 11.4 Å². The molecule has 1 amide bonds. The maximum absolute atomic E-state index is 12.5. The van der Waals surface area contributed by atoms with Gasteiger partial charge in [0.2, 0.25) is 0 Å². The Morgan fingerprint density at radius 3 is 2.19 bits per heavy atom. The van der Waals surface area contributed by atoms with E-state index < -0.39 is 24.6 Å². The number of aliphatic imine (C=N–C) groups is 1. The molecule has 1 atom stereocenters. The van der Waals surface area contributed by atoms with E-state index in [1.54, 1.807) is 18.2 Å². The number of benzodiazepines with no additional fused rings is 1. The molecule has 0 bridgehead atoms. The fourth-order valence-electron chi connectivity index (χ4n) is 2.58. The molecule has 3 rings (SSSR count). The molecule has 1 unspecified atom stereocenters. The average molecular weight is 369 g/mol. The van der Waals surface area contributed by atoms with Crippen LogP contribution in [0.4, 0.5) is 5.69 Å². The lowest BCUT2D eigenvalue weighted by Crippen LogP contribution is -2.44. The summed E-state index contributed by atoms with van der Waals surface area (Å²) in [6.45, 7) is 7.54. The van der Waals surface area contributed by atoms with Gasteiger partial charge in [0.05, 0.1) is 11.4 Å². The van der Waals surface area contributed by atoms with Crippen LogP contribution in [0, 0.1) is 0 Å². The first-order valence-electron chi connectivity index (χ1n) is 9.09. The summed E-state index contributed by atoms with van der Waals surface area (Å²) in [4.78, 5) is 29.1. The van der Waals surface area contributed by atoms with E-state index in [2.05, 4.69) is 4.99 Å². The Kier molecular flexibility index (Phi) is 8.89. The highest BCUT2D eigenvalue weighted by Gasteiger charge is 2.30. The van der Waals surface area contributed by atoms with Crippen LogP contribution < -0.4 is 10.6 Å². The minimum atomic E-state index is -1.14. The summed E-state index contributed by atoms with van der Waals surface area (Å²) in [5.74, 6) is -1.64. The predicted molar refractivity (Wildman–Crippen MR) is 109 cm³/mol. The van der Waals surface area contributed by atoms with Gasteiger partial charge in [-0.15, -0.1) is 0 Å². The van der Waals surface area contributed by atoms with Gasteiger partial charge in [-0.2, -0.15) is 0 Å². The highest BCUT2D eigenvalue weighted by Crippen LogP contribution is 2.27. The molecule has 0 radical (unpaired) electrons. The molecule has 6 nitrogen and oxygen atoms in total. The third kappa shape index (κ3) is 5.24. The van der Waals surface area contributed by atoms with Gasteiger partial charge >= 0.3 is 5.97 Å². The maximum atomic E-state index is 12.5. The zero-order chi connectivity index (χ0) is 20.4. The first kappa shape index (κ1) is 22.1.